The second-order valence-electron chi connectivity index (χ2n) is 3.82. The fourth-order valence-corrected chi connectivity index (χ4v) is 1.58. The zero-order chi connectivity index (χ0) is 10.3. The summed E-state index contributed by atoms with van der Waals surface area (Å²) in [5, 5.41) is 9.50. The number of hydrogen-bond acceptors (Lipinski definition) is 4. The number of cyclic esters (lactones) is 1. The average Bonchev–Trinajstić information content (AvgIpc) is 2.00. The van der Waals surface area contributed by atoms with E-state index in [0.717, 1.165) is 0 Å². The van der Waals surface area contributed by atoms with E-state index < -0.39 is 11.8 Å². The van der Waals surface area contributed by atoms with Gasteiger partial charge in [-0.25, -0.2) is 4.79 Å². The van der Waals surface area contributed by atoms with Gasteiger partial charge in [-0.05, 0) is 12.5 Å². The molecule has 0 aromatic rings. The normalized spacial score (nSPS) is 24.7. The Bertz CT molecular complexity index is 349. The van der Waals surface area contributed by atoms with Gasteiger partial charge in [-0.15, -0.1) is 0 Å². The van der Waals surface area contributed by atoms with Crippen molar-refractivity contribution in [1.82, 2.24) is 0 Å². The van der Waals surface area contributed by atoms with Crippen LogP contribution in [0.25, 0.3) is 0 Å². The molecular formula is C10H12O4. The van der Waals surface area contributed by atoms with Crippen LogP contribution in [0.3, 0.4) is 0 Å². The van der Waals surface area contributed by atoms with Gasteiger partial charge in [-0.1, -0.05) is 0 Å². The first-order valence-electron chi connectivity index (χ1n) is 4.54. The van der Waals surface area contributed by atoms with Crippen molar-refractivity contribution in [2.75, 3.05) is 0 Å². The number of carbonyl (C=O) groups excluding carboxylic acids is 1. The fourth-order valence-electron chi connectivity index (χ4n) is 1.58. The molecule has 0 aromatic carbocycles. The van der Waals surface area contributed by atoms with Gasteiger partial charge in [-0.2, -0.15) is 0 Å². The number of esters is 1. The maximum atomic E-state index is 11.5. The topological polar surface area (TPSA) is 55.8 Å². The van der Waals surface area contributed by atoms with Crippen LogP contribution in [0.2, 0.25) is 0 Å². The van der Waals surface area contributed by atoms with Crippen molar-refractivity contribution in [2.24, 2.45) is 0 Å². The molecule has 0 atom stereocenters. The molecule has 4 nitrogen and oxygen atoms in total. The molecule has 0 spiro atoms. The third-order valence-corrected chi connectivity index (χ3v) is 2.14. The van der Waals surface area contributed by atoms with Crippen molar-refractivity contribution in [1.29, 1.82) is 0 Å². The molecule has 0 amide bonds. The Hall–Kier alpha value is -1.45. The Morgan fingerprint density at radius 1 is 1.43 bits per heavy atom. The van der Waals surface area contributed by atoms with Crippen LogP contribution in [0, 0.1) is 0 Å². The van der Waals surface area contributed by atoms with Crippen molar-refractivity contribution in [3.63, 3.8) is 0 Å². The molecule has 1 heterocycles. The van der Waals surface area contributed by atoms with Crippen LogP contribution in [-0.2, 0) is 14.3 Å². The Balaban J connectivity index is 2.41. The average molecular weight is 196 g/mol. The largest absolute Gasteiger partial charge is 0.511 e. The number of carbonyl (C=O) groups is 1. The van der Waals surface area contributed by atoms with Gasteiger partial charge in [0, 0.05) is 20.3 Å². The number of allylic oxidation sites excluding steroid dienone is 2. The summed E-state index contributed by atoms with van der Waals surface area (Å²) >= 11 is 0. The van der Waals surface area contributed by atoms with Crippen molar-refractivity contribution < 1.29 is 19.4 Å². The Kier molecular flexibility index (Phi) is 1.80. The summed E-state index contributed by atoms with van der Waals surface area (Å²) < 4.78 is 10.4. The van der Waals surface area contributed by atoms with Gasteiger partial charge in [0.15, 0.2) is 0 Å². The van der Waals surface area contributed by atoms with Crippen LogP contribution in [0.15, 0.2) is 23.2 Å². The molecule has 0 unspecified atom stereocenters. The molecule has 2 aliphatic rings. The minimum absolute atomic E-state index is 0.0583. The van der Waals surface area contributed by atoms with Crippen molar-refractivity contribution >= 4 is 5.97 Å². The van der Waals surface area contributed by atoms with Crippen LogP contribution in [-0.4, -0.2) is 16.9 Å². The van der Waals surface area contributed by atoms with Crippen LogP contribution in [0.1, 0.15) is 26.7 Å². The molecule has 0 radical (unpaired) electrons. The summed E-state index contributed by atoms with van der Waals surface area (Å²) in [5.41, 5.74) is 0.176. The molecule has 0 bridgehead atoms. The number of ether oxygens (including phenoxy) is 2. The van der Waals surface area contributed by atoms with E-state index in [1.807, 2.05) is 0 Å². The first-order chi connectivity index (χ1) is 6.49. The molecule has 14 heavy (non-hydrogen) atoms. The summed E-state index contributed by atoms with van der Waals surface area (Å²) in [7, 11) is 0. The molecule has 1 aliphatic carbocycles. The highest BCUT2D eigenvalue weighted by molar-refractivity contribution is 5.94. The van der Waals surface area contributed by atoms with Gasteiger partial charge in [-0.3, -0.25) is 0 Å². The van der Waals surface area contributed by atoms with Crippen molar-refractivity contribution in [3.8, 4) is 0 Å². The van der Waals surface area contributed by atoms with Gasteiger partial charge in [0.05, 0.1) is 0 Å². The first-order valence-corrected chi connectivity index (χ1v) is 4.54. The third kappa shape index (κ3) is 1.36. The Labute approximate surface area is 81.8 Å². The molecule has 76 valence electrons. The first kappa shape index (κ1) is 9.12. The minimum Gasteiger partial charge on any atom is -0.511 e. The predicted molar refractivity (Wildman–Crippen MR) is 48.2 cm³/mol. The Morgan fingerprint density at radius 3 is 2.86 bits per heavy atom. The number of aliphatic hydroxyl groups is 1. The van der Waals surface area contributed by atoms with Crippen molar-refractivity contribution in [3.05, 3.63) is 23.2 Å². The number of aliphatic hydroxyl groups excluding tert-OH is 1. The lowest BCUT2D eigenvalue weighted by molar-refractivity contribution is -0.209. The SMILES string of the molecule is CC1(C)OC(=O)C2=C(O)CCC=C2O1. The van der Waals surface area contributed by atoms with Crippen molar-refractivity contribution in [2.45, 2.75) is 32.5 Å². The summed E-state index contributed by atoms with van der Waals surface area (Å²) in [4.78, 5) is 11.5. The highest BCUT2D eigenvalue weighted by Gasteiger charge is 2.39. The van der Waals surface area contributed by atoms with Crippen LogP contribution in [0.4, 0.5) is 0 Å². The molecule has 1 saturated heterocycles. The molecule has 0 aromatic heterocycles. The van der Waals surface area contributed by atoms with Gasteiger partial charge in [0.1, 0.15) is 17.1 Å². The lowest BCUT2D eigenvalue weighted by atomic mass is 10.0. The van der Waals surface area contributed by atoms with E-state index in [2.05, 4.69) is 0 Å². The van der Waals surface area contributed by atoms with Crippen LogP contribution < -0.4 is 0 Å². The lowest BCUT2D eigenvalue weighted by Crippen LogP contribution is -2.38. The molecule has 1 aliphatic heterocycles. The summed E-state index contributed by atoms with van der Waals surface area (Å²) in [5.74, 6) is -0.952. The van der Waals surface area contributed by atoms with Gasteiger partial charge in [0.2, 0.25) is 5.79 Å². The molecular weight excluding hydrogens is 184 g/mol. The summed E-state index contributed by atoms with van der Waals surface area (Å²) in [6.07, 6.45) is 2.96. The lowest BCUT2D eigenvalue weighted by Gasteiger charge is -2.34. The van der Waals surface area contributed by atoms with Gasteiger partial charge >= 0.3 is 5.97 Å². The van der Waals surface area contributed by atoms with E-state index >= 15 is 0 Å². The summed E-state index contributed by atoms with van der Waals surface area (Å²) in [6, 6.07) is 0. The fraction of sp³-hybridized carbons (Fsp3) is 0.500. The highest BCUT2D eigenvalue weighted by Crippen LogP contribution is 2.34. The van der Waals surface area contributed by atoms with Crippen LogP contribution in [0.5, 0.6) is 0 Å². The standard InChI is InChI=1S/C10H12O4/c1-10(2)13-7-5-3-4-6(11)8(7)9(12)14-10/h5,11H,3-4H2,1-2H3. The number of hydrogen-bond donors (Lipinski definition) is 1. The third-order valence-electron chi connectivity index (χ3n) is 2.14. The predicted octanol–water partition coefficient (Wildman–Crippen LogP) is 1.79. The van der Waals surface area contributed by atoms with E-state index in [-0.39, 0.29) is 11.3 Å². The monoisotopic (exact) mass is 196 g/mol. The van der Waals surface area contributed by atoms with E-state index in [9.17, 15) is 9.90 Å². The molecule has 1 fully saturated rings. The van der Waals surface area contributed by atoms with Crippen LogP contribution >= 0.6 is 0 Å². The number of fused-ring (bicyclic) bond motifs is 1. The second-order valence-corrected chi connectivity index (χ2v) is 3.82. The summed E-state index contributed by atoms with van der Waals surface area (Å²) in [6.45, 7) is 3.32. The maximum absolute atomic E-state index is 11.5. The molecule has 1 N–H and O–H groups in total. The maximum Gasteiger partial charge on any atom is 0.348 e. The smallest absolute Gasteiger partial charge is 0.348 e. The molecule has 2 rings (SSSR count). The number of rotatable bonds is 0. The van der Waals surface area contributed by atoms with Gasteiger partial charge in [0.25, 0.3) is 0 Å². The zero-order valence-electron chi connectivity index (χ0n) is 8.16. The highest BCUT2D eigenvalue weighted by atomic mass is 16.7. The molecule has 0 saturated carbocycles. The van der Waals surface area contributed by atoms with Gasteiger partial charge < -0.3 is 14.6 Å². The van der Waals surface area contributed by atoms with E-state index in [1.165, 1.54) is 0 Å². The van der Waals surface area contributed by atoms with E-state index in [0.29, 0.717) is 18.6 Å². The Morgan fingerprint density at radius 2 is 2.14 bits per heavy atom. The second kappa shape index (κ2) is 2.77. The zero-order valence-corrected chi connectivity index (χ0v) is 8.16. The van der Waals surface area contributed by atoms with E-state index in [4.69, 9.17) is 9.47 Å². The quantitative estimate of drug-likeness (QED) is 0.600. The minimum atomic E-state index is -0.940. The van der Waals surface area contributed by atoms with E-state index in [1.54, 1.807) is 19.9 Å². The molecule has 4 heteroatoms.